The molecule has 0 radical (unpaired) electrons. The quantitative estimate of drug-likeness (QED) is 0.354. The van der Waals surface area contributed by atoms with E-state index in [0.29, 0.717) is 55.0 Å². The molecule has 1 unspecified atom stereocenters. The van der Waals surface area contributed by atoms with Crippen LogP contribution in [0.4, 0.5) is 30.4 Å². The van der Waals surface area contributed by atoms with Crippen LogP contribution in [0.5, 0.6) is 0 Å². The summed E-state index contributed by atoms with van der Waals surface area (Å²) in [4.78, 5) is 23.4. The van der Waals surface area contributed by atoms with Gasteiger partial charge < -0.3 is 20.9 Å². The smallest absolute Gasteiger partial charge is 0.275 e. The summed E-state index contributed by atoms with van der Waals surface area (Å²) in [6.45, 7) is 5.22. The molecule has 1 aliphatic carbocycles. The predicted octanol–water partition coefficient (Wildman–Crippen LogP) is 3.98. The van der Waals surface area contributed by atoms with Gasteiger partial charge in [0.1, 0.15) is 6.17 Å². The van der Waals surface area contributed by atoms with Gasteiger partial charge in [0.15, 0.2) is 17.2 Å². The maximum Gasteiger partial charge on any atom is 0.275 e. The van der Waals surface area contributed by atoms with Crippen molar-refractivity contribution in [1.29, 1.82) is 0 Å². The number of nitrogens with one attached hydrogen (secondary N) is 3. The largest absolute Gasteiger partial charge is 0.385 e. The normalized spacial score (nSPS) is 27.2. The van der Waals surface area contributed by atoms with Gasteiger partial charge >= 0.3 is 0 Å². The summed E-state index contributed by atoms with van der Waals surface area (Å²) in [5.41, 5.74) is 4.99. The third-order valence-electron chi connectivity index (χ3n) is 11.4. The molecule has 13 heteroatoms. The monoisotopic (exact) mass is 651 g/mol. The number of benzene rings is 1. The van der Waals surface area contributed by atoms with Crippen LogP contribution in [-0.2, 0) is 13.0 Å². The van der Waals surface area contributed by atoms with Gasteiger partial charge in [0, 0.05) is 44.9 Å². The lowest BCUT2D eigenvalue weighted by atomic mass is 9.71. The second-order valence-electron chi connectivity index (χ2n) is 14.3. The Hall–Kier alpha value is -3.42. The number of likely N-dealkylation sites (tertiary alicyclic amines) is 2. The van der Waals surface area contributed by atoms with E-state index in [1.165, 1.54) is 23.6 Å². The zero-order chi connectivity index (χ0) is 32.3. The van der Waals surface area contributed by atoms with Crippen LogP contribution in [0.3, 0.4) is 0 Å². The molecule has 252 valence electrons. The fraction of sp³-hybridized carbons (Fsp3) is 0.618. The van der Waals surface area contributed by atoms with Crippen LogP contribution < -0.4 is 20.9 Å². The average molecular weight is 652 g/mol. The first-order valence-corrected chi connectivity index (χ1v) is 17.2. The van der Waals surface area contributed by atoms with Crippen molar-refractivity contribution in [2.24, 2.45) is 5.41 Å². The van der Waals surface area contributed by atoms with E-state index in [9.17, 15) is 9.18 Å². The minimum absolute atomic E-state index is 0.226. The Kier molecular flexibility index (Phi) is 7.83. The SMILES string of the molecule is CNc1cc(N2CCc3c(CN4CCC(N5CCC6(CCNCC6)CC5)C(F)(F)C4)cccc32)nn2c(C(=O)N[C@@H]3C[C@@H]3F)cnc12. The van der Waals surface area contributed by atoms with E-state index < -0.39 is 30.1 Å². The predicted molar refractivity (Wildman–Crippen MR) is 174 cm³/mol. The summed E-state index contributed by atoms with van der Waals surface area (Å²) in [5, 5.41) is 14.1. The first-order valence-electron chi connectivity index (χ1n) is 17.2. The zero-order valence-electron chi connectivity index (χ0n) is 27.0. The Morgan fingerprint density at radius 1 is 1.11 bits per heavy atom. The molecule has 4 fully saturated rings. The van der Waals surface area contributed by atoms with Crippen LogP contribution in [0.2, 0.25) is 0 Å². The van der Waals surface area contributed by atoms with Crippen molar-refractivity contribution in [1.82, 2.24) is 35.0 Å². The number of aromatic nitrogens is 3. The first kappa shape index (κ1) is 30.9. The lowest BCUT2D eigenvalue weighted by Gasteiger charge is -2.50. The van der Waals surface area contributed by atoms with E-state index >= 15 is 8.78 Å². The van der Waals surface area contributed by atoms with Crippen molar-refractivity contribution in [2.75, 3.05) is 63.1 Å². The fourth-order valence-electron chi connectivity index (χ4n) is 8.47. The van der Waals surface area contributed by atoms with E-state index in [1.807, 2.05) is 23.1 Å². The van der Waals surface area contributed by atoms with Crippen molar-refractivity contribution in [3.05, 3.63) is 47.3 Å². The van der Waals surface area contributed by atoms with E-state index in [2.05, 4.69) is 36.8 Å². The highest BCUT2D eigenvalue weighted by atomic mass is 19.3. The number of imidazole rings is 1. The lowest BCUT2D eigenvalue weighted by Crippen LogP contribution is -2.60. The Bertz CT molecular complexity index is 1650. The summed E-state index contributed by atoms with van der Waals surface area (Å²) in [6, 6.07) is 6.83. The number of piperidine rings is 3. The molecule has 6 heterocycles. The molecular formula is C34H44F3N9O. The Morgan fingerprint density at radius 2 is 1.89 bits per heavy atom. The molecule has 3 saturated heterocycles. The molecule has 8 rings (SSSR count). The van der Waals surface area contributed by atoms with Crippen LogP contribution in [0.1, 0.15) is 60.1 Å². The highest BCUT2D eigenvalue weighted by Crippen LogP contribution is 2.43. The van der Waals surface area contributed by atoms with Crippen molar-refractivity contribution >= 4 is 28.7 Å². The topological polar surface area (TPSA) is 93.1 Å². The number of carbonyl (C=O) groups excluding carboxylic acids is 1. The maximum atomic E-state index is 15.8. The summed E-state index contributed by atoms with van der Waals surface area (Å²) in [6.07, 6.45) is 6.41. The number of nitrogens with zero attached hydrogens (tertiary/aromatic N) is 6. The van der Waals surface area contributed by atoms with Crippen molar-refractivity contribution in [2.45, 2.75) is 75.7 Å². The van der Waals surface area contributed by atoms with Gasteiger partial charge in [-0.1, -0.05) is 12.1 Å². The van der Waals surface area contributed by atoms with E-state index in [0.717, 1.165) is 62.3 Å². The van der Waals surface area contributed by atoms with Gasteiger partial charge in [0.2, 0.25) is 0 Å². The Morgan fingerprint density at radius 3 is 2.62 bits per heavy atom. The van der Waals surface area contributed by atoms with E-state index in [1.54, 1.807) is 7.05 Å². The number of carbonyl (C=O) groups is 1. The van der Waals surface area contributed by atoms with Gasteiger partial charge in [0.05, 0.1) is 30.5 Å². The molecular weight excluding hydrogens is 607 g/mol. The van der Waals surface area contributed by atoms with Gasteiger partial charge in [-0.3, -0.25) is 14.6 Å². The molecule has 1 spiro atoms. The van der Waals surface area contributed by atoms with Crippen molar-refractivity contribution in [3.8, 4) is 0 Å². The van der Waals surface area contributed by atoms with Gasteiger partial charge in [-0.15, -0.1) is 5.10 Å². The summed E-state index contributed by atoms with van der Waals surface area (Å²) in [5.74, 6) is -2.53. The number of hydrogen-bond donors (Lipinski definition) is 3. The van der Waals surface area contributed by atoms with Crippen LogP contribution in [0.25, 0.3) is 5.65 Å². The number of fused-ring (bicyclic) bond motifs is 2. The van der Waals surface area contributed by atoms with Crippen LogP contribution in [-0.4, -0.2) is 107 Å². The Balaban J connectivity index is 0.973. The van der Waals surface area contributed by atoms with Gasteiger partial charge in [-0.05, 0) is 87.3 Å². The summed E-state index contributed by atoms with van der Waals surface area (Å²) < 4.78 is 46.5. The first-order chi connectivity index (χ1) is 22.7. The minimum atomic E-state index is -2.76. The molecule has 5 aliphatic rings. The molecule has 1 amide bonds. The van der Waals surface area contributed by atoms with E-state index in [-0.39, 0.29) is 12.2 Å². The number of halogens is 3. The standard InChI is InChI=1S/C34H44F3N9O/c1-38-26-18-30(42-46-28(19-40-31(26)46)32(47)41-25-17-24(25)35)45-14-5-23-22(3-2-4-27(23)45)20-43-13-6-29(34(36,37)21-43)44-15-9-33(10-16-44)7-11-39-12-8-33/h2-4,18-19,24-25,29,38-39H,5-17,20-21H2,1H3,(H,41,47)/t24-,25+,29?/m0/s1. The molecule has 3 aromatic rings. The number of amides is 1. The lowest BCUT2D eigenvalue weighted by molar-refractivity contribution is -0.138. The fourth-order valence-corrected chi connectivity index (χ4v) is 8.47. The van der Waals surface area contributed by atoms with Crippen molar-refractivity contribution < 1.29 is 18.0 Å². The minimum Gasteiger partial charge on any atom is -0.385 e. The van der Waals surface area contributed by atoms with Gasteiger partial charge in [-0.25, -0.2) is 22.7 Å². The molecule has 3 atom stereocenters. The number of anilines is 3. The zero-order valence-corrected chi connectivity index (χ0v) is 27.0. The number of alkyl halides is 3. The molecule has 2 aromatic heterocycles. The van der Waals surface area contributed by atoms with Gasteiger partial charge in [0.25, 0.3) is 11.8 Å². The second kappa shape index (κ2) is 11.9. The van der Waals surface area contributed by atoms with Crippen LogP contribution in [0, 0.1) is 5.41 Å². The molecule has 4 aliphatic heterocycles. The Labute approximate surface area is 273 Å². The molecule has 47 heavy (non-hydrogen) atoms. The van der Waals surface area contributed by atoms with Crippen molar-refractivity contribution in [3.63, 3.8) is 0 Å². The average Bonchev–Trinajstić information content (AvgIpc) is 3.40. The second-order valence-corrected chi connectivity index (χ2v) is 14.3. The molecule has 1 saturated carbocycles. The number of hydrogen-bond acceptors (Lipinski definition) is 8. The molecule has 0 bridgehead atoms. The maximum absolute atomic E-state index is 15.8. The highest BCUT2D eigenvalue weighted by Gasteiger charge is 2.49. The number of rotatable bonds is 7. The third-order valence-corrected chi connectivity index (χ3v) is 11.4. The van der Waals surface area contributed by atoms with Crippen LogP contribution >= 0.6 is 0 Å². The van der Waals surface area contributed by atoms with E-state index in [4.69, 9.17) is 5.10 Å². The van der Waals surface area contributed by atoms with Crippen LogP contribution in [0.15, 0.2) is 30.5 Å². The highest BCUT2D eigenvalue weighted by molar-refractivity contribution is 5.94. The molecule has 1 aromatic carbocycles. The molecule has 3 N–H and O–H groups in total. The summed E-state index contributed by atoms with van der Waals surface area (Å²) >= 11 is 0. The molecule has 10 nitrogen and oxygen atoms in total. The third kappa shape index (κ3) is 5.73. The van der Waals surface area contributed by atoms with Gasteiger partial charge in [-0.2, -0.15) is 0 Å². The summed E-state index contributed by atoms with van der Waals surface area (Å²) in [7, 11) is 1.79.